The molecule has 0 unspecified atom stereocenters. The molecule has 0 saturated carbocycles. The first-order valence-electron chi connectivity index (χ1n) is 17.7. The van der Waals surface area contributed by atoms with Crippen molar-refractivity contribution in [2.75, 3.05) is 65.6 Å². The Morgan fingerprint density at radius 2 is 1.46 bits per heavy atom. The zero-order chi connectivity index (χ0) is 37.8. The number of aliphatic imine (C=N–C) groups is 1. The van der Waals surface area contributed by atoms with Crippen LogP contribution in [0.5, 0.6) is 5.75 Å². The molecule has 2 N–H and O–H groups in total. The number of aliphatic hydroxyl groups excluding tert-OH is 2. The van der Waals surface area contributed by atoms with E-state index in [0.717, 1.165) is 16.8 Å². The standard InChI is InChI=1S/C39H50Cl2N6O5/c1-7-52-32-24-33(37(2,3)4)42-25-31(32)35-43-38(5,27-8-12-29(40)13-9-27)39(6,28-10-14-30(41)15-11-28)47(35)36(51)46-18-16-44(17-19-46)26-34(50)45(20-22-48)21-23-49/h8-15,24-25,48-49H,7,16-23,26H2,1-6H3/t38-,39-/m1/s1. The Hall–Kier alpha value is -3.74. The number of nitrogens with zero attached hydrogens (tertiary/aromatic N) is 6. The molecule has 13 heteroatoms. The molecule has 0 aliphatic carbocycles. The Balaban J connectivity index is 1.61. The van der Waals surface area contributed by atoms with E-state index in [1.54, 1.807) is 16.0 Å². The molecule has 0 spiro atoms. The summed E-state index contributed by atoms with van der Waals surface area (Å²) in [7, 11) is 0. The molecule has 1 saturated heterocycles. The number of ether oxygens (including phenoxy) is 1. The highest BCUT2D eigenvalue weighted by Gasteiger charge is 2.60. The molecule has 52 heavy (non-hydrogen) atoms. The molecule has 2 aliphatic rings. The van der Waals surface area contributed by atoms with Crippen molar-refractivity contribution in [2.45, 2.75) is 58.0 Å². The number of piperazine rings is 1. The minimum absolute atomic E-state index is 0.124. The number of pyridine rings is 1. The SMILES string of the molecule is CCOc1cc(C(C)(C)C)ncc1C1=N[C@](C)(c2ccc(Cl)cc2)[C@@](C)(c2ccc(Cl)cc2)N1C(=O)N1CCN(CC(=O)N(CCO)CCO)CC1. The highest BCUT2D eigenvalue weighted by atomic mass is 35.5. The maximum Gasteiger partial charge on any atom is 0.326 e. The second kappa shape index (κ2) is 16.1. The number of amides is 3. The van der Waals surface area contributed by atoms with Crippen LogP contribution in [0.4, 0.5) is 4.79 Å². The summed E-state index contributed by atoms with van der Waals surface area (Å²) >= 11 is 12.8. The van der Waals surface area contributed by atoms with E-state index in [9.17, 15) is 15.0 Å². The van der Waals surface area contributed by atoms with Crippen LogP contribution in [0, 0.1) is 0 Å². The molecule has 2 aromatic carbocycles. The molecule has 0 radical (unpaired) electrons. The van der Waals surface area contributed by atoms with Gasteiger partial charge in [0.2, 0.25) is 5.91 Å². The van der Waals surface area contributed by atoms with Crippen LogP contribution in [-0.2, 0) is 21.3 Å². The first kappa shape index (κ1) is 39.5. The predicted octanol–water partition coefficient (Wildman–Crippen LogP) is 5.53. The summed E-state index contributed by atoms with van der Waals surface area (Å²) in [5.41, 5.74) is 0.791. The minimum Gasteiger partial charge on any atom is -0.493 e. The number of urea groups is 1. The summed E-state index contributed by atoms with van der Waals surface area (Å²) in [6, 6.07) is 16.8. The average molecular weight is 754 g/mol. The highest BCUT2D eigenvalue weighted by molar-refractivity contribution is 6.30. The maximum absolute atomic E-state index is 15.2. The third kappa shape index (κ3) is 7.79. The molecule has 11 nitrogen and oxygen atoms in total. The summed E-state index contributed by atoms with van der Waals surface area (Å²) in [6.45, 7) is 14.4. The molecule has 2 atom stereocenters. The molecule has 2 aliphatic heterocycles. The fourth-order valence-electron chi connectivity index (χ4n) is 6.99. The summed E-state index contributed by atoms with van der Waals surface area (Å²) in [6.07, 6.45) is 1.76. The van der Waals surface area contributed by atoms with Crippen LogP contribution in [0.1, 0.15) is 63.9 Å². The summed E-state index contributed by atoms with van der Waals surface area (Å²) in [4.78, 5) is 45.6. The smallest absolute Gasteiger partial charge is 0.326 e. The van der Waals surface area contributed by atoms with Crippen LogP contribution in [0.25, 0.3) is 0 Å². The van der Waals surface area contributed by atoms with Gasteiger partial charge in [0.25, 0.3) is 0 Å². The Morgan fingerprint density at radius 1 is 0.904 bits per heavy atom. The molecule has 1 aromatic heterocycles. The van der Waals surface area contributed by atoms with E-state index >= 15 is 4.79 Å². The lowest BCUT2D eigenvalue weighted by molar-refractivity contribution is -0.133. The van der Waals surface area contributed by atoms with Crippen molar-refractivity contribution < 1.29 is 24.5 Å². The van der Waals surface area contributed by atoms with Crippen molar-refractivity contribution in [3.63, 3.8) is 0 Å². The summed E-state index contributed by atoms with van der Waals surface area (Å²) in [5.74, 6) is 0.828. The number of amidine groups is 1. The van der Waals surface area contributed by atoms with E-state index in [1.807, 2.05) is 80.3 Å². The van der Waals surface area contributed by atoms with Crippen LogP contribution in [0.3, 0.4) is 0 Å². The van der Waals surface area contributed by atoms with Crippen molar-refractivity contribution in [3.8, 4) is 5.75 Å². The second-order valence-electron chi connectivity index (χ2n) is 14.6. The molecule has 0 bridgehead atoms. The molecule has 5 rings (SSSR count). The van der Waals surface area contributed by atoms with E-state index in [1.165, 1.54) is 4.90 Å². The lowest BCUT2D eigenvalue weighted by Gasteiger charge is -2.47. The number of carbonyl (C=O) groups is 2. The van der Waals surface area contributed by atoms with Gasteiger partial charge in [-0.3, -0.25) is 24.6 Å². The number of aromatic nitrogens is 1. The van der Waals surface area contributed by atoms with Crippen LogP contribution in [0.15, 0.2) is 65.8 Å². The Labute approximate surface area is 316 Å². The number of carbonyl (C=O) groups excluding carboxylic acids is 2. The largest absolute Gasteiger partial charge is 0.493 e. The minimum atomic E-state index is -1.08. The van der Waals surface area contributed by atoms with Gasteiger partial charge < -0.3 is 24.7 Å². The van der Waals surface area contributed by atoms with Crippen LogP contribution in [0.2, 0.25) is 10.0 Å². The predicted molar refractivity (Wildman–Crippen MR) is 204 cm³/mol. The molecule has 1 fully saturated rings. The van der Waals surface area contributed by atoms with Crippen LogP contribution < -0.4 is 4.74 Å². The van der Waals surface area contributed by atoms with Gasteiger partial charge in [-0.05, 0) is 56.2 Å². The lowest BCUT2D eigenvalue weighted by Crippen LogP contribution is -2.61. The normalized spacial score (nSPS) is 20.9. The van der Waals surface area contributed by atoms with Gasteiger partial charge in [-0.25, -0.2) is 4.79 Å². The molecule has 280 valence electrons. The number of halogens is 2. The quantitative estimate of drug-likeness (QED) is 0.264. The van der Waals surface area contributed by atoms with Crippen LogP contribution >= 0.6 is 23.2 Å². The van der Waals surface area contributed by atoms with Crippen molar-refractivity contribution in [1.29, 1.82) is 0 Å². The van der Waals surface area contributed by atoms with Gasteiger partial charge in [0.05, 0.1) is 31.9 Å². The first-order chi connectivity index (χ1) is 24.7. The topological polar surface area (TPSA) is 122 Å². The van der Waals surface area contributed by atoms with E-state index in [4.69, 9.17) is 37.9 Å². The molecular weight excluding hydrogens is 703 g/mol. The molecular formula is C39H50Cl2N6O5. The highest BCUT2D eigenvalue weighted by Crippen LogP contribution is 2.54. The number of benzene rings is 2. The average Bonchev–Trinajstić information content (AvgIpc) is 3.36. The second-order valence-corrected chi connectivity index (χ2v) is 15.4. The zero-order valence-corrected chi connectivity index (χ0v) is 32.4. The fourth-order valence-corrected chi connectivity index (χ4v) is 7.24. The van der Waals surface area contributed by atoms with E-state index in [0.29, 0.717) is 60.0 Å². The molecule has 3 heterocycles. The molecule has 3 aromatic rings. The van der Waals surface area contributed by atoms with Gasteiger partial charge in [-0.1, -0.05) is 68.2 Å². The van der Waals surface area contributed by atoms with Gasteiger partial charge >= 0.3 is 6.03 Å². The van der Waals surface area contributed by atoms with E-state index in [2.05, 4.69) is 20.8 Å². The third-order valence-corrected chi connectivity index (χ3v) is 10.7. The van der Waals surface area contributed by atoms with Crippen molar-refractivity contribution in [3.05, 3.63) is 93.2 Å². The molecule has 3 amide bonds. The maximum atomic E-state index is 15.2. The zero-order valence-electron chi connectivity index (χ0n) is 30.9. The van der Waals surface area contributed by atoms with Crippen molar-refractivity contribution in [1.82, 2.24) is 24.6 Å². The van der Waals surface area contributed by atoms with Crippen molar-refractivity contribution in [2.24, 2.45) is 4.99 Å². The third-order valence-electron chi connectivity index (χ3n) is 10.2. The van der Waals surface area contributed by atoms with E-state index in [-0.39, 0.29) is 50.2 Å². The van der Waals surface area contributed by atoms with Gasteiger partial charge in [0.15, 0.2) is 0 Å². The Morgan fingerprint density at radius 3 is 1.98 bits per heavy atom. The fraction of sp³-hybridized carbons (Fsp3) is 0.487. The first-order valence-corrected chi connectivity index (χ1v) is 18.5. The number of rotatable bonds is 11. The number of hydrogen-bond acceptors (Lipinski definition) is 8. The van der Waals surface area contributed by atoms with Crippen LogP contribution in [-0.4, -0.2) is 118 Å². The summed E-state index contributed by atoms with van der Waals surface area (Å²) in [5, 5.41) is 20.0. The van der Waals surface area contributed by atoms with Gasteiger partial charge in [-0.2, -0.15) is 0 Å². The van der Waals surface area contributed by atoms with Crippen molar-refractivity contribution >= 4 is 41.0 Å². The number of aliphatic hydroxyl groups is 2. The summed E-state index contributed by atoms with van der Waals surface area (Å²) < 4.78 is 6.26. The Kier molecular flexibility index (Phi) is 12.2. The Bertz CT molecular complexity index is 1750. The number of hydrogen-bond donors (Lipinski definition) is 2. The monoisotopic (exact) mass is 752 g/mol. The van der Waals surface area contributed by atoms with Gasteiger partial charge in [0.1, 0.15) is 22.7 Å². The van der Waals surface area contributed by atoms with Gasteiger partial charge in [-0.15, -0.1) is 0 Å². The van der Waals surface area contributed by atoms with E-state index < -0.39 is 11.1 Å². The lowest BCUT2D eigenvalue weighted by atomic mass is 9.71. The van der Waals surface area contributed by atoms with Gasteiger partial charge in [0, 0.05) is 72.7 Å².